The van der Waals surface area contributed by atoms with Gasteiger partial charge in [0.25, 0.3) is 0 Å². The number of aryl methyl sites for hydroxylation is 3. The van der Waals surface area contributed by atoms with Crippen LogP contribution in [-0.2, 0) is 10.0 Å². The number of hydrogen-bond donors (Lipinski definition) is 0. The van der Waals surface area contributed by atoms with E-state index in [1.807, 2.05) is 51.1 Å². The van der Waals surface area contributed by atoms with Gasteiger partial charge in [0.05, 0.1) is 10.9 Å². The van der Waals surface area contributed by atoms with Gasteiger partial charge in [0.1, 0.15) is 0 Å². The minimum atomic E-state index is -3.55. The van der Waals surface area contributed by atoms with Crippen LogP contribution in [0.5, 0.6) is 0 Å². The monoisotopic (exact) mass is 363 g/mol. The summed E-state index contributed by atoms with van der Waals surface area (Å²) in [6.07, 6.45) is 1.64. The minimum absolute atomic E-state index is 0.190. The van der Waals surface area contributed by atoms with Crippen LogP contribution in [0.25, 0.3) is 0 Å². The minimum Gasteiger partial charge on any atom is -0.207 e. The highest BCUT2D eigenvalue weighted by molar-refractivity contribution is 7.89. The lowest BCUT2D eigenvalue weighted by atomic mass is 10.1. The molecule has 1 aliphatic rings. The molecule has 128 valence electrons. The van der Waals surface area contributed by atoms with Crippen LogP contribution in [0.2, 0.25) is 5.02 Å². The Morgan fingerprint density at radius 1 is 1.04 bits per heavy atom. The van der Waals surface area contributed by atoms with Crippen molar-refractivity contribution in [2.45, 2.75) is 44.6 Å². The average molecular weight is 364 g/mol. The van der Waals surface area contributed by atoms with E-state index in [1.54, 1.807) is 10.4 Å². The molecular weight excluding hydrogens is 342 g/mol. The first-order valence-corrected chi connectivity index (χ1v) is 9.98. The molecule has 2 aromatic rings. The Balaban J connectivity index is 2.06. The van der Waals surface area contributed by atoms with Crippen LogP contribution >= 0.6 is 11.6 Å². The van der Waals surface area contributed by atoms with Crippen molar-refractivity contribution < 1.29 is 8.42 Å². The first-order chi connectivity index (χ1) is 11.3. The maximum atomic E-state index is 13.3. The van der Waals surface area contributed by atoms with Gasteiger partial charge in [-0.05, 0) is 68.0 Å². The molecule has 0 unspecified atom stereocenters. The van der Waals surface area contributed by atoms with Crippen LogP contribution in [0, 0.1) is 20.8 Å². The summed E-state index contributed by atoms with van der Waals surface area (Å²) in [5.74, 6) is 0. The molecule has 0 radical (unpaired) electrons. The van der Waals surface area contributed by atoms with Crippen molar-refractivity contribution in [3.05, 3.63) is 63.7 Å². The van der Waals surface area contributed by atoms with Crippen molar-refractivity contribution >= 4 is 21.6 Å². The fourth-order valence-corrected chi connectivity index (χ4v) is 5.65. The van der Waals surface area contributed by atoms with Gasteiger partial charge < -0.3 is 0 Å². The summed E-state index contributed by atoms with van der Waals surface area (Å²) >= 11 is 6.32. The number of nitrogens with zero attached hydrogens (tertiary/aromatic N) is 1. The molecule has 0 bridgehead atoms. The fraction of sp³-hybridized carbons (Fsp3) is 0.368. The summed E-state index contributed by atoms with van der Waals surface area (Å²) in [4.78, 5) is 0.407. The van der Waals surface area contributed by atoms with Gasteiger partial charge in [-0.15, -0.1) is 0 Å². The summed E-state index contributed by atoms with van der Waals surface area (Å²) in [5, 5.41) is 0.626. The summed E-state index contributed by atoms with van der Waals surface area (Å²) < 4.78 is 28.2. The predicted octanol–water partition coefficient (Wildman–Crippen LogP) is 4.79. The molecule has 0 spiro atoms. The Labute approximate surface area is 149 Å². The Bertz CT molecular complexity index is 877. The van der Waals surface area contributed by atoms with E-state index in [4.69, 9.17) is 11.6 Å². The third-order valence-electron chi connectivity index (χ3n) is 4.85. The lowest BCUT2D eigenvalue weighted by Crippen LogP contribution is -2.31. The molecule has 3 nitrogen and oxygen atoms in total. The molecule has 24 heavy (non-hydrogen) atoms. The van der Waals surface area contributed by atoms with Crippen molar-refractivity contribution in [3.8, 4) is 0 Å². The molecule has 1 fully saturated rings. The van der Waals surface area contributed by atoms with E-state index in [1.165, 1.54) is 0 Å². The molecule has 0 amide bonds. The van der Waals surface area contributed by atoms with Crippen LogP contribution < -0.4 is 0 Å². The maximum Gasteiger partial charge on any atom is 0.243 e. The molecule has 2 aromatic carbocycles. The highest BCUT2D eigenvalue weighted by Gasteiger charge is 2.37. The molecule has 1 saturated heterocycles. The first kappa shape index (κ1) is 17.5. The average Bonchev–Trinajstić information content (AvgIpc) is 3.01. The fourth-order valence-electron chi connectivity index (χ4n) is 3.42. The lowest BCUT2D eigenvalue weighted by molar-refractivity contribution is 0.396. The first-order valence-electron chi connectivity index (χ1n) is 8.16. The third-order valence-corrected chi connectivity index (χ3v) is 7.24. The van der Waals surface area contributed by atoms with Crippen molar-refractivity contribution in [2.24, 2.45) is 0 Å². The molecular formula is C19H22ClNO2S. The summed E-state index contributed by atoms with van der Waals surface area (Å²) in [5.41, 5.74) is 3.79. The maximum absolute atomic E-state index is 13.3. The predicted molar refractivity (Wildman–Crippen MR) is 98.0 cm³/mol. The topological polar surface area (TPSA) is 37.4 Å². The quantitative estimate of drug-likeness (QED) is 0.786. The molecule has 5 heteroatoms. The summed E-state index contributed by atoms with van der Waals surface area (Å²) in [6.45, 7) is 6.34. The van der Waals surface area contributed by atoms with E-state index >= 15 is 0 Å². The zero-order chi connectivity index (χ0) is 17.5. The highest BCUT2D eigenvalue weighted by atomic mass is 35.5. The zero-order valence-electron chi connectivity index (χ0n) is 14.2. The second-order valence-electron chi connectivity index (χ2n) is 6.50. The van der Waals surface area contributed by atoms with Gasteiger partial charge in [0, 0.05) is 11.6 Å². The molecule has 0 N–H and O–H groups in total. The lowest BCUT2D eigenvalue weighted by Gasteiger charge is -2.26. The smallest absolute Gasteiger partial charge is 0.207 e. The molecule has 3 rings (SSSR count). The second-order valence-corrected chi connectivity index (χ2v) is 8.76. The van der Waals surface area contributed by atoms with Gasteiger partial charge in [-0.3, -0.25) is 0 Å². The van der Waals surface area contributed by atoms with Crippen LogP contribution in [0.4, 0.5) is 0 Å². The Kier molecular flexibility index (Phi) is 4.73. The van der Waals surface area contributed by atoms with Gasteiger partial charge in [-0.2, -0.15) is 4.31 Å². The number of benzene rings is 2. The van der Waals surface area contributed by atoms with E-state index in [9.17, 15) is 8.42 Å². The largest absolute Gasteiger partial charge is 0.243 e. The number of sulfonamides is 1. The van der Waals surface area contributed by atoms with E-state index in [-0.39, 0.29) is 6.04 Å². The molecule has 1 aliphatic heterocycles. The van der Waals surface area contributed by atoms with Crippen molar-refractivity contribution in [3.63, 3.8) is 0 Å². The normalized spacial score (nSPS) is 18.9. The Morgan fingerprint density at radius 2 is 1.71 bits per heavy atom. The van der Waals surface area contributed by atoms with Gasteiger partial charge in [-0.25, -0.2) is 8.42 Å². The number of hydrogen-bond acceptors (Lipinski definition) is 2. The van der Waals surface area contributed by atoms with Gasteiger partial charge in [-0.1, -0.05) is 35.9 Å². The van der Waals surface area contributed by atoms with Gasteiger partial charge in [0.15, 0.2) is 0 Å². The van der Waals surface area contributed by atoms with Crippen molar-refractivity contribution in [2.75, 3.05) is 6.54 Å². The second kappa shape index (κ2) is 6.51. The SMILES string of the molecule is Cc1cc(C)c(S(=O)(=O)N2CCC[C@H]2c2ccccc2Cl)cc1C. The Morgan fingerprint density at radius 3 is 2.42 bits per heavy atom. The standard InChI is InChI=1S/C19H22ClNO2S/c1-13-11-15(3)19(12-14(13)2)24(22,23)21-10-6-9-18(21)16-7-4-5-8-17(16)20/h4-5,7-8,11-12,18H,6,9-10H2,1-3H3/t18-/m0/s1. The highest BCUT2D eigenvalue weighted by Crippen LogP contribution is 2.39. The van der Waals surface area contributed by atoms with Crippen LogP contribution in [0.1, 0.15) is 41.1 Å². The number of rotatable bonds is 3. The zero-order valence-corrected chi connectivity index (χ0v) is 15.8. The third kappa shape index (κ3) is 2.99. The Hall–Kier alpha value is -1.36. The summed E-state index contributed by atoms with van der Waals surface area (Å²) in [7, 11) is -3.55. The van der Waals surface area contributed by atoms with Crippen LogP contribution in [0.15, 0.2) is 41.3 Å². The molecule has 0 saturated carbocycles. The van der Waals surface area contributed by atoms with E-state index in [0.29, 0.717) is 16.5 Å². The van der Waals surface area contributed by atoms with E-state index in [2.05, 4.69) is 0 Å². The van der Waals surface area contributed by atoms with Gasteiger partial charge >= 0.3 is 0 Å². The number of halogens is 1. The molecule has 1 heterocycles. The van der Waals surface area contributed by atoms with Crippen molar-refractivity contribution in [1.82, 2.24) is 4.31 Å². The van der Waals surface area contributed by atoms with E-state index in [0.717, 1.165) is 35.1 Å². The van der Waals surface area contributed by atoms with Crippen LogP contribution in [0.3, 0.4) is 0 Å². The van der Waals surface area contributed by atoms with Crippen molar-refractivity contribution in [1.29, 1.82) is 0 Å². The molecule has 0 aromatic heterocycles. The van der Waals surface area contributed by atoms with Gasteiger partial charge in [0.2, 0.25) is 10.0 Å². The molecule has 1 atom stereocenters. The molecule has 0 aliphatic carbocycles. The summed E-state index contributed by atoms with van der Waals surface area (Å²) in [6, 6.07) is 11.1. The van der Waals surface area contributed by atoms with E-state index < -0.39 is 10.0 Å². The van der Waals surface area contributed by atoms with Crippen LogP contribution in [-0.4, -0.2) is 19.3 Å².